The Balaban J connectivity index is 2.21. The van der Waals surface area contributed by atoms with Crippen molar-refractivity contribution in [2.45, 2.75) is 0 Å². The van der Waals surface area contributed by atoms with Gasteiger partial charge in [0.25, 0.3) is 5.91 Å². The highest BCUT2D eigenvalue weighted by Crippen LogP contribution is 2.22. The quantitative estimate of drug-likeness (QED) is 0.748. The number of aromatic hydroxyl groups is 1. The molecule has 1 heterocycles. The molecule has 1 aromatic heterocycles. The first-order valence-electron chi connectivity index (χ1n) is 4.45. The van der Waals surface area contributed by atoms with Gasteiger partial charge in [-0.2, -0.15) is 5.10 Å². The molecule has 0 aliphatic carbocycles. The molecule has 0 fully saturated rings. The van der Waals surface area contributed by atoms with Gasteiger partial charge in [0.2, 0.25) is 0 Å². The number of halogens is 1. The minimum absolute atomic E-state index is 0.158. The van der Waals surface area contributed by atoms with E-state index in [-0.39, 0.29) is 11.3 Å². The molecule has 6 heteroatoms. The van der Waals surface area contributed by atoms with Gasteiger partial charge < -0.3 is 10.4 Å². The highest BCUT2D eigenvalue weighted by Gasteiger charge is 2.11. The van der Waals surface area contributed by atoms with Crippen LogP contribution >= 0.6 is 11.6 Å². The normalized spacial score (nSPS) is 10.1. The van der Waals surface area contributed by atoms with Crippen molar-refractivity contribution in [3.63, 3.8) is 0 Å². The lowest BCUT2D eigenvalue weighted by atomic mass is 10.2. The Labute approximate surface area is 96.1 Å². The lowest BCUT2D eigenvalue weighted by Gasteiger charge is -2.04. The molecule has 3 N–H and O–H groups in total. The SMILES string of the molecule is O=C(Nc1cn[nH]c1)c1ccc(Cl)cc1O. The number of phenols is 1. The maximum atomic E-state index is 11.7. The monoisotopic (exact) mass is 237 g/mol. The van der Waals surface area contributed by atoms with Gasteiger partial charge in [0.1, 0.15) is 5.75 Å². The summed E-state index contributed by atoms with van der Waals surface area (Å²) in [6.45, 7) is 0. The lowest BCUT2D eigenvalue weighted by molar-refractivity contribution is 0.102. The third kappa shape index (κ3) is 2.14. The van der Waals surface area contributed by atoms with Gasteiger partial charge >= 0.3 is 0 Å². The van der Waals surface area contributed by atoms with Crippen molar-refractivity contribution in [2.24, 2.45) is 0 Å². The van der Waals surface area contributed by atoms with E-state index in [2.05, 4.69) is 15.5 Å². The molecule has 1 aromatic carbocycles. The molecule has 0 saturated heterocycles. The summed E-state index contributed by atoms with van der Waals surface area (Å²) >= 11 is 5.66. The summed E-state index contributed by atoms with van der Waals surface area (Å²) < 4.78 is 0. The Morgan fingerprint density at radius 1 is 1.50 bits per heavy atom. The van der Waals surface area contributed by atoms with Crippen LogP contribution in [-0.4, -0.2) is 21.2 Å². The lowest BCUT2D eigenvalue weighted by Crippen LogP contribution is -2.11. The van der Waals surface area contributed by atoms with Crippen LogP contribution in [-0.2, 0) is 0 Å². The summed E-state index contributed by atoms with van der Waals surface area (Å²) in [5.74, 6) is -0.580. The van der Waals surface area contributed by atoms with E-state index in [1.54, 1.807) is 0 Å². The van der Waals surface area contributed by atoms with Crippen LogP contribution in [0.4, 0.5) is 5.69 Å². The van der Waals surface area contributed by atoms with Crippen molar-refractivity contribution in [2.75, 3.05) is 5.32 Å². The molecule has 1 amide bonds. The first-order chi connectivity index (χ1) is 7.66. The zero-order chi connectivity index (χ0) is 11.5. The van der Waals surface area contributed by atoms with Crippen LogP contribution in [0, 0.1) is 0 Å². The van der Waals surface area contributed by atoms with E-state index in [9.17, 15) is 9.90 Å². The van der Waals surface area contributed by atoms with Crippen LogP contribution in [0.3, 0.4) is 0 Å². The zero-order valence-corrected chi connectivity index (χ0v) is 8.82. The molecule has 2 rings (SSSR count). The second kappa shape index (κ2) is 4.24. The molecule has 0 bridgehead atoms. The largest absolute Gasteiger partial charge is 0.507 e. The number of hydrogen-bond donors (Lipinski definition) is 3. The Bertz CT molecular complexity index is 511. The van der Waals surface area contributed by atoms with Gasteiger partial charge in [0, 0.05) is 11.2 Å². The average molecular weight is 238 g/mol. The standard InChI is InChI=1S/C10H8ClN3O2/c11-6-1-2-8(9(15)3-6)10(16)14-7-4-12-13-5-7/h1-5,15H,(H,12,13)(H,14,16). The smallest absolute Gasteiger partial charge is 0.259 e. The topological polar surface area (TPSA) is 78.0 Å². The number of phenolic OH excluding ortho intramolecular Hbond substituents is 1. The Kier molecular flexibility index (Phi) is 2.78. The number of hydrogen-bond acceptors (Lipinski definition) is 3. The van der Waals surface area contributed by atoms with E-state index < -0.39 is 5.91 Å². The molecule has 82 valence electrons. The summed E-state index contributed by atoms with van der Waals surface area (Å²) in [5, 5.41) is 18.7. The van der Waals surface area contributed by atoms with Crippen molar-refractivity contribution in [1.29, 1.82) is 0 Å². The van der Waals surface area contributed by atoms with Gasteiger partial charge in [0.05, 0.1) is 17.4 Å². The maximum absolute atomic E-state index is 11.7. The first-order valence-corrected chi connectivity index (χ1v) is 4.83. The maximum Gasteiger partial charge on any atom is 0.259 e. The number of anilines is 1. The average Bonchev–Trinajstić information content (AvgIpc) is 2.70. The minimum atomic E-state index is -0.421. The zero-order valence-electron chi connectivity index (χ0n) is 8.07. The van der Waals surface area contributed by atoms with Crippen molar-refractivity contribution in [1.82, 2.24) is 10.2 Å². The summed E-state index contributed by atoms with van der Waals surface area (Å²) in [6, 6.07) is 4.30. The number of H-pyrrole nitrogens is 1. The number of carbonyl (C=O) groups is 1. The fourth-order valence-electron chi connectivity index (χ4n) is 1.21. The van der Waals surface area contributed by atoms with Crippen LogP contribution in [0.25, 0.3) is 0 Å². The summed E-state index contributed by atoms with van der Waals surface area (Å²) in [5.41, 5.74) is 0.685. The molecular weight excluding hydrogens is 230 g/mol. The van der Waals surface area contributed by atoms with Crippen LogP contribution < -0.4 is 5.32 Å². The predicted molar refractivity (Wildman–Crippen MR) is 59.7 cm³/mol. The van der Waals surface area contributed by atoms with Crippen LogP contribution in [0.5, 0.6) is 5.75 Å². The Morgan fingerprint density at radius 2 is 2.31 bits per heavy atom. The molecule has 0 aliphatic heterocycles. The second-order valence-electron chi connectivity index (χ2n) is 3.10. The molecule has 0 spiro atoms. The Hall–Kier alpha value is -2.01. The number of nitrogens with zero attached hydrogens (tertiary/aromatic N) is 1. The molecule has 16 heavy (non-hydrogen) atoms. The first kappa shape index (κ1) is 10.5. The van der Waals surface area contributed by atoms with Gasteiger partial charge in [0.15, 0.2) is 0 Å². The van der Waals surface area contributed by atoms with Crippen LogP contribution in [0.15, 0.2) is 30.6 Å². The summed E-state index contributed by atoms with van der Waals surface area (Å²) in [6.07, 6.45) is 3.00. The van der Waals surface area contributed by atoms with Gasteiger partial charge in [-0.3, -0.25) is 9.89 Å². The fourth-order valence-corrected chi connectivity index (χ4v) is 1.38. The molecule has 2 aromatic rings. The van der Waals surface area contributed by atoms with E-state index in [0.717, 1.165) is 0 Å². The van der Waals surface area contributed by atoms with Crippen molar-refractivity contribution < 1.29 is 9.90 Å². The van der Waals surface area contributed by atoms with Gasteiger partial charge in [-0.1, -0.05) is 11.6 Å². The molecule has 5 nitrogen and oxygen atoms in total. The third-order valence-electron chi connectivity index (χ3n) is 1.96. The van der Waals surface area contributed by atoms with Crippen LogP contribution in [0.1, 0.15) is 10.4 Å². The van der Waals surface area contributed by atoms with E-state index in [0.29, 0.717) is 10.7 Å². The molecule has 0 saturated carbocycles. The number of carbonyl (C=O) groups excluding carboxylic acids is 1. The number of benzene rings is 1. The fraction of sp³-hybridized carbons (Fsp3) is 0. The van der Waals surface area contributed by atoms with E-state index in [4.69, 9.17) is 11.6 Å². The van der Waals surface area contributed by atoms with Crippen molar-refractivity contribution >= 4 is 23.2 Å². The van der Waals surface area contributed by atoms with E-state index >= 15 is 0 Å². The number of amides is 1. The summed E-state index contributed by atoms with van der Waals surface area (Å²) in [4.78, 5) is 11.7. The number of aromatic nitrogens is 2. The number of aromatic amines is 1. The molecular formula is C10H8ClN3O2. The minimum Gasteiger partial charge on any atom is -0.507 e. The molecule has 0 atom stereocenters. The van der Waals surface area contributed by atoms with E-state index in [1.165, 1.54) is 30.6 Å². The van der Waals surface area contributed by atoms with Gasteiger partial charge in [-0.25, -0.2) is 0 Å². The highest BCUT2D eigenvalue weighted by molar-refractivity contribution is 6.30. The molecule has 0 aliphatic rings. The van der Waals surface area contributed by atoms with Gasteiger partial charge in [-0.15, -0.1) is 0 Å². The molecule has 0 unspecified atom stereocenters. The van der Waals surface area contributed by atoms with Crippen molar-refractivity contribution in [3.8, 4) is 5.75 Å². The van der Waals surface area contributed by atoms with Crippen molar-refractivity contribution in [3.05, 3.63) is 41.2 Å². The number of nitrogens with one attached hydrogen (secondary N) is 2. The Morgan fingerprint density at radius 3 is 2.94 bits per heavy atom. The van der Waals surface area contributed by atoms with E-state index in [1.807, 2.05) is 0 Å². The van der Waals surface area contributed by atoms with Crippen LogP contribution in [0.2, 0.25) is 5.02 Å². The second-order valence-corrected chi connectivity index (χ2v) is 3.54. The molecule has 0 radical (unpaired) electrons. The highest BCUT2D eigenvalue weighted by atomic mass is 35.5. The van der Waals surface area contributed by atoms with Gasteiger partial charge in [-0.05, 0) is 18.2 Å². The predicted octanol–water partition coefficient (Wildman–Crippen LogP) is 2.02. The number of rotatable bonds is 2. The third-order valence-corrected chi connectivity index (χ3v) is 2.20. The summed E-state index contributed by atoms with van der Waals surface area (Å²) in [7, 11) is 0.